The van der Waals surface area contributed by atoms with Crippen LogP contribution in [0.5, 0.6) is 0 Å². The molecule has 1 aromatic rings. The number of nitrogens with two attached hydrogens (primary N) is 2. The van der Waals surface area contributed by atoms with Gasteiger partial charge in [0, 0.05) is 17.4 Å². The highest BCUT2D eigenvalue weighted by molar-refractivity contribution is 7.80. The minimum atomic E-state index is -0.345. The molecule has 0 unspecified atom stereocenters. The lowest BCUT2D eigenvalue weighted by molar-refractivity contribution is -0.116. The van der Waals surface area contributed by atoms with Crippen molar-refractivity contribution in [2.75, 3.05) is 11.4 Å². The van der Waals surface area contributed by atoms with Crippen molar-refractivity contribution in [1.82, 2.24) is 4.98 Å². The number of nitrogens with zero attached hydrogens (tertiary/aromatic N) is 2. The van der Waals surface area contributed by atoms with Crippen molar-refractivity contribution in [3.05, 3.63) is 23.0 Å². The molecule has 0 radical (unpaired) electrons. The van der Waals surface area contributed by atoms with Gasteiger partial charge in [-0.25, -0.2) is 0 Å². The van der Waals surface area contributed by atoms with Crippen LogP contribution in [-0.2, 0) is 4.79 Å². The molecule has 1 saturated carbocycles. The Balaban J connectivity index is 2.52. The van der Waals surface area contributed by atoms with Gasteiger partial charge in [-0.05, 0) is 32.8 Å². The number of rotatable bonds is 5. The quantitative estimate of drug-likeness (QED) is 0.807. The van der Waals surface area contributed by atoms with Crippen molar-refractivity contribution in [1.29, 1.82) is 0 Å². The highest BCUT2D eigenvalue weighted by Gasteiger charge is 2.27. The molecule has 0 aliphatic heterocycles. The number of pyridine rings is 1. The van der Waals surface area contributed by atoms with Gasteiger partial charge in [0.15, 0.2) is 0 Å². The molecule has 0 aromatic carbocycles. The molecule has 1 fully saturated rings. The fraction of sp³-hybridized carbons (Fsp3) is 0.533. The molecule has 114 valence electrons. The van der Waals surface area contributed by atoms with E-state index >= 15 is 0 Å². The van der Waals surface area contributed by atoms with Crippen LogP contribution in [0.2, 0.25) is 0 Å². The molecule has 4 N–H and O–H groups in total. The first-order valence-corrected chi connectivity index (χ1v) is 7.64. The van der Waals surface area contributed by atoms with Gasteiger partial charge >= 0.3 is 0 Å². The van der Waals surface area contributed by atoms with Crippen LogP contribution in [0.4, 0.5) is 5.69 Å². The molecule has 21 heavy (non-hydrogen) atoms. The van der Waals surface area contributed by atoms with Gasteiger partial charge in [0.2, 0.25) is 5.91 Å². The third-order valence-electron chi connectivity index (χ3n) is 3.96. The van der Waals surface area contributed by atoms with E-state index in [1.54, 1.807) is 0 Å². The summed E-state index contributed by atoms with van der Waals surface area (Å²) in [4.78, 5) is 18.3. The van der Waals surface area contributed by atoms with Gasteiger partial charge in [-0.15, -0.1) is 0 Å². The molecule has 1 aromatic heterocycles. The Bertz CT molecular complexity index is 567. The maximum atomic E-state index is 11.5. The van der Waals surface area contributed by atoms with E-state index in [9.17, 15) is 4.79 Å². The van der Waals surface area contributed by atoms with Crippen LogP contribution in [0.3, 0.4) is 0 Å². The van der Waals surface area contributed by atoms with E-state index < -0.39 is 0 Å². The average molecular weight is 306 g/mol. The summed E-state index contributed by atoms with van der Waals surface area (Å²) in [5.74, 6) is -0.345. The van der Waals surface area contributed by atoms with Gasteiger partial charge in [-0.2, -0.15) is 0 Å². The molecular formula is C15H22N4OS. The summed E-state index contributed by atoms with van der Waals surface area (Å²) in [6.07, 6.45) is 4.46. The Morgan fingerprint density at radius 1 is 1.38 bits per heavy atom. The first-order valence-electron chi connectivity index (χ1n) is 7.23. The Morgan fingerprint density at radius 3 is 2.52 bits per heavy atom. The van der Waals surface area contributed by atoms with Crippen molar-refractivity contribution in [2.24, 2.45) is 11.5 Å². The minimum absolute atomic E-state index is 0.184. The lowest BCUT2D eigenvalue weighted by Gasteiger charge is -2.32. The third kappa shape index (κ3) is 3.50. The monoisotopic (exact) mass is 306 g/mol. The molecule has 0 bridgehead atoms. The van der Waals surface area contributed by atoms with Crippen LogP contribution in [-0.4, -0.2) is 28.5 Å². The first kappa shape index (κ1) is 15.7. The van der Waals surface area contributed by atoms with Crippen LogP contribution in [0, 0.1) is 13.8 Å². The molecule has 0 atom stereocenters. The fourth-order valence-corrected chi connectivity index (χ4v) is 3.39. The first-order chi connectivity index (χ1) is 9.90. The molecule has 5 nitrogen and oxygen atoms in total. The van der Waals surface area contributed by atoms with E-state index in [2.05, 4.69) is 9.88 Å². The molecule has 1 amide bonds. The van der Waals surface area contributed by atoms with Gasteiger partial charge in [0.25, 0.3) is 0 Å². The maximum absolute atomic E-state index is 11.5. The zero-order valence-corrected chi connectivity index (χ0v) is 13.4. The number of aryl methyl sites for hydroxylation is 2. The van der Waals surface area contributed by atoms with Crippen molar-refractivity contribution in [2.45, 2.75) is 45.6 Å². The molecule has 6 heteroatoms. The van der Waals surface area contributed by atoms with E-state index in [-0.39, 0.29) is 12.5 Å². The largest absolute Gasteiger partial charge is 0.389 e. The van der Waals surface area contributed by atoms with Crippen LogP contribution >= 0.6 is 12.2 Å². The van der Waals surface area contributed by atoms with Gasteiger partial charge in [0.05, 0.1) is 17.8 Å². The minimum Gasteiger partial charge on any atom is -0.389 e. The lowest BCUT2D eigenvalue weighted by Crippen LogP contribution is -2.41. The highest BCUT2D eigenvalue weighted by Crippen LogP contribution is 2.31. The van der Waals surface area contributed by atoms with Gasteiger partial charge in [0.1, 0.15) is 4.99 Å². The molecule has 0 saturated heterocycles. The van der Waals surface area contributed by atoms with Crippen LogP contribution in [0.1, 0.15) is 42.6 Å². The summed E-state index contributed by atoms with van der Waals surface area (Å²) in [6.45, 7) is 4.00. The van der Waals surface area contributed by atoms with E-state index in [0.717, 1.165) is 35.5 Å². The summed E-state index contributed by atoms with van der Waals surface area (Å²) < 4.78 is 0. The van der Waals surface area contributed by atoms with Crippen molar-refractivity contribution in [3.63, 3.8) is 0 Å². The van der Waals surface area contributed by atoms with Gasteiger partial charge in [-0.3, -0.25) is 9.78 Å². The normalized spacial score (nSPS) is 15.1. The predicted molar refractivity (Wildman–Crippen MR) is 88.4 cm³/mol. The van der Waals surface area contributed by atoms with Gasteiger partial charge in [-0.1, -0.05) is 25.1 Å². The predicted octanol–water partition coefficient (Wildman–Crippen LogP) is 1.57. The Kier molecular flexibility index (Phi) is 4.77. The number of carbonyl (C=O) groups is 1. The van der Waals surface area contributed by atoms with Crippen LogP contribution in [0.15, 0.2) is 6.07 Å². The Morgan fingerprint density at radius 2 is 2.00 bits per heavy atom. The third-order valence-corrected chi connectivity index (χ3v) is 4.16. The average Bonchev–Trinajstić information content (AvgIpc) is 2.87. The summed E-state index contributed by atoms with van der Waals surface area (Å²) in [5.41, 5.74) is 14.6. The number of anilines is 1. The molecule has 1 aliphatic rings. The number of hydrogen-bond donors (Lipinski definition) is 2. The van der Waals surface area contributed by atoms with Crippen LogP contribution < -0.4 is 16.4 Å². The lowest BCUT2D eigenvalue weighted by atomic mass is 10.1. The zero-order chi connectivity index (χ0) is 15.6. The Labute approximate surface area is 130 Å². The second-order valence-corrected chi connectivity index (χ2v) is 6.08. The molecule has 2 rings (SSSR count). The summed E-state index contributed by atoms with van der Waals surface area (Å²) in [5, 5.41) is 0. The summed E-state index contributed by atoms with van der Waals surface area (Å²) in [6, 6.07) is 2.26. The second kappa shape index (κ2) is 6.39. The molecule has 0 spiro atoms. The van der Waals surface area contributed by atoms with Crippen molar-refractivity contribution in [3.8, 4) is 0 Å². The number of primary amides is 1. The zero-order valence-electron chi connectivity index (χ0n) is 12.6. The summed E-state index contributed by atoms with van der Waals surface area (Å²) in [7, 11) is 0. The van der Waals surface area contributed by atoms with Crippen LogP contribution in [0.25, 0.3) is 0 Å². The number of hydrogen-bond acceptors (Lipinski definition) is 4. The van der Waals surface area contributed by atoms with Gasteiger partial charge < -0.3 is 16.4 Å². The van der Waals surface area contributed by atoms with E-state index in [1.807, 2.05) is 19.9 Å². The number of carbonyl (C=O) groups excluding carboxylic acids is 1. The second-order valence-electron chi connectivity index (χ2n) is 5.64. The molecule has 1 aliphatic carbocycles. The highest BCUT2D eigenvalue weighted by atomic mass is 32.1. The number of amides is 1. The SMILES string of the molecule is Cc1cc(N(CC(N)=O)C2CCCC2)c(C(N)=S)c(C)n1. The standard InChI is InChI=1S/C15H22N4OS/c1-9-7-12(14(15(17)21)10(2)18-9)19(8-13(16)20)11-5-3-4-6-11/h7,11H,3-6,8H2,1-2H3,(H2,16,20)(H2,17,21). The van der Waals surface area contributed by atoms with E-state index in [4.69, 9.17) is 23.7 Å². The van der Waals surface area contributed by atoms with Crippen molar-refractivity contribution >= 4 is 28.8 Å². The van der Waals surface area contributed by atoms with E-state index in [0.29, 0.717) is 11.0 Å². The van der Waals surface area contributed by atoms with E-state index in [1.165, 1.54) is 12.8 Å². The smallest absolute Gasteiger partial charge is 0.236 e. The Hall–Kier alpha value is -1.69. The summed E-state index contributed by atoms with van der Waals surface area (Å²) >= 11 is 5.18. The maximum Gasteiger partial charge on any atom is 0.236 e. The molecule has 1 heterocycles. The fourth-order valence-electron chi connectivity index (χ4n) is 3.13. The molecular weight excluding hydrogens is 284 g/mol. The number of thiocarbonyl (C=S) groups is 1. The number of aromatic nitrogens is 1. The van der Waals surface area contributed by atoms with Crippen molar-refractivity contribution < 1.29 is 4.79 Å². The topological polar surface area (TPSA) is 85.2 Å².